The summed E-state index contributed by atoms with van der Waals surface area (Å²) in [4.78, 5) is 8.41. The zero-order valence-corrected chi connectivity index (χ0v) is 14.3. The van der Waals surface area contributed by atoms with Crippen molar-refractivity contribution in [3.05, 3.63) is 48.5 Å². The van der Waals surface area contributed by atoms with Crippen molar-refractivity contribution in [2.75, 3.05) is 13.6 Å². The van der Waals surface area contributed by atoms with Crippen molar-refractivity contribution < 1.29 is 0 Å². The molecule has 0 bridgehead atoms. The Morgan fingerprint density at radius 3 is 2.78 bits per heavy atom. The molecule has 0 aliphatic rings. The van der Waals surface area contributed by atoms with E-state index in [0.717, 1.165) is 37.1 Å². The van der Waals surface area contributed by atoms with Crippen molar-refractivity contribution in [2.24, 2.45) is 10.9 Å². The smallest absolute Gasteiger partial charge is 0.191 e. The monoisotopic (exact) mass is 313 g/mol. The van der Waals surface area contributed by atoms with Crippen molar-refractivity contribution in [1.29, 1.82) is 0 Å². The third kappa shape index (κ3) is 5.43. The van der Waals surface area contributed by atoms with Crippen molar-refractivity contribution in [1.82, 2.24) is 20.2 Å². The Hall–Kier alpha value is -2.30. The Labute approximate surface area is 138 Å². The van der Waals surface area contributed by atoms with Gasteiger partial charge in [0, 0.05) is 32.5 Å². The maximum Gasteiger partial charge on any atom is 0.191 e. The first kappa shape index (κ1) is 17.1. The van der Waals surface area contributed by atoms with Gasteiger partial charge >= 0.3 is 0 Å². The van der Waals surface area contributed by atoms with Gasteiger partial charge in [0.1, 0.15) is 0 Å². The Bertz CT molecular complexity index is 602. The van der Waals surface area contributed by atoms with Gasteiger partial charge in [0.25, 0.3) is 0 Å². The molecule has 0 saturated heterocycles. The molecular formula is C18H27N5. The second-order valence-electron chi connectivity index (χ2n) is 5.99. The predicted octanol–water partition coefficient (Wildman–Crippen LogP) is 2.97. The molecule has 0 aliphatic carbocycles. The highest BCUT2D eigenvalue weighted by molar-refractivity contribution is 5.79. The summed E-state index contributed by atoms with van der Waals surface area (Å²) in [6.07, 6.45) is 7.95. The summed E-state index contributed by atoms with van der Waals surface area (Å²) in [5, 5.41) is 6.75. The molecule has 0 fully saturated rings. The van der Waals surface area contributed by atoms with E-state index in [-0.39, 0.29) is 0 Å². The van der Waals surface area contributed by atoms with Crippen LogP contribution < -0.4 is 10.6 Å². The van der Waals surface area contributed by atoms with Crippen LogP contribution in [0.25, 0.3) is 5.69 Å². The number of rotatable bonds is 7. The van der Waals surface area contributed by atoms with Gasteiger partial charge in [-0.25, -0.2) is 4.98 Å². The highest BCUT2D eigenvalue weighted by Crippen LogP contribution is 2.13. The molecule has 0 atom stereocenters. The van der Waals surface area contributed by atoms with Crippen LogP contribution in [0.15, 0.2) is 48.0 Å². The Morgan fingerprint density at radius 2 is 2.09 bits per heavy atom. The van der Waals surface area contributed by atoms with E-state index in [1.54, 1.807) is 13.2 Å². The van der Waals surface area contributed by atoms with Gasteiger partial charge in [-0.15, -0.1) is 0 Å². The molecule has 1 aromatic heterocycles. The zero-order chi connectivity index (χ0) is 16.5. The van der Waals surface area contributed by atoms with Gasteiger partial charge < -0.3 is 15.2 Å². The number of aromatic nitrogens is 2. The van der Waals surface area contributed by atoms with Crippen molar-refractivity contribution >= 4 is 5.96 Å². The summed E-state index contributed by atoms with van der Waals surface area (Å²) < 4.78 is 2.02. The molecule has 0 unspecified atom stereocenters. The Kier molecular flexibility index (Phi) is 6.66. The SMILES string of the molecule is CN=C(NCCCC(C)C)NCc1ccccc1-n1ccnc1. The lowest BCUT2D eigenvalue weighted by atomic mass is 10.1. The molecule has 1 heterocycles. The molecule has 2 aromatic rings. The van der Waals surface area contributed by atoms with Gasteiger partial charge in [-0.2, -0.15) is 0 Å². The molecule has 1 aromatic carbocycles. The first-order valence-electron chi connectivity index (χ1n) is 8.21. The van der Waals surface area contributed by atoms with E-state index in [2.05, 4.69) is 52.7 Å². The van der Waals surface area contributed by atoms with Crippen LogP contribution in [0.3, 0.4) is 0 Å². The second-order valence-corrected chi connectivity index (χ2v) is 5.99. The molecule has 0 spiro atoms. The van der Waals surface area contributed by atoms with Crippen molar-refractivity contribution in [3.63, 3.8) is 0 Å². The number of imidazole rings is 1. The van der Waals surface area contributed by atoms with E-state index in [1.165, 1.54) is 12.0 Å². The van der Waals surface area contributed by atoms with Gasteiger partial charge in [-0.05, 0) is 30.4 Å². The fraction of sp³-hybridized carbons (Fsp3) is 0.444. The van der Waals surface area contributed by atoms with E-state index in [4.69, 9.17) is 0 Å². The van der Waals surface area contributed by atoms with Crippen molar-refractivity contribution in [2.45, 2.75) is 33.2 Å². The molecule has 2 rings (SSSR count). The molecule has 0 aliphatic heterocycles. The van der Waals surface area contributed by atoms with E-state index in [1.807, 2.05) is 23.2 Å². The molecule has 5 heteroatoms. The molecule has 2 N–H and O–H groups in total. The average Bonchev–Trinajstić information content (AvgIpc) is 3.08. The van der Waals surface area contributed by atoms with Crippen molar-refractivity contribution in [3.8, 4) is 5.69 Å². The molecule has 23 heavy (non-hydrogen) atoms. The van der Waals surface area contributed by atoms with Gasteiger partial charge in [-0.3, -0.25) is 4.99 Å². The maximum atomic E-state index is 4.29. The fourth-order valence-electron chi connectivity index (χ4n) is 2.43. The van der Waals surface area contributed by atoms with Crippen LogP contribution in [-0.2, 0) is 6.54 Å². The second kappa shape index (κ2) is 8.98. The molecule has 0 saturated carbocycles. The Morgan fingerprint density at radius 1 is 1.26 bits per heavy atom. The number of benzene rings is 1. The first-order valence-corrected chi connectivity index (χ1v) is 8.21. The minimum absolute atomic E-state index is 0.720. The summed E-state index contributed by atoms with van der Waals surface area (Å²) in [7, 11) is 1.81. The number of para-hydroxylation sites is 1. The van der Waals surface area contributed by atoms with E-state index in [0.29, 0.717) is 0 Å². The van der Waals surface area contributed by atoms with Crippen LogP contribution in [0, 0.1) is 5.92 Å². The lowest BCUT2D eigenvalue weighted by molar-refractivity contribution is 0.549. The number of nitrogens with one attached hydrogen (secondary N) is 2. The van der Waals surface area contributed by atoms with Gasteiger partial charge in [-0.1, -0.05) is 32.0 Å². The van der Waals surface area contributed by atoms with Crippen LogP contribution >= 0.6 is 0 Å². The minimum Gasteiger partial charge on any atom is -0.356 e. The van der Waals surface area contributed by atoms with E-state index in [9.17, 15) is 0 Å². The average molecular weight is 313 g/mol. The largest absolute Gasteiger partial charge is 0.356 e. The number of guanidine groups is 1. The summed E-state index contributed by atoms with van der Waals surface area (Å²) >= 11 is 0. The molecular weight excluding hydrogens is 286 g/mol. The maximum absolute atomic E-state index is 4.29. The molecule has 124 valence electrons. The van der Waals surface area contributed by atoms with Crippen LogP contribution in [0.2, 0.25) is 0 Å². The molecule has 0 amide bonds. The minimum atomic E-state index is 0.720. The van der Waals surface area contributed by atoms with Crippen LogP contribution in [-0.4, -0.2) is 29.1 Å². The number of aliphatic imine (C=N–C) groups is 1. The standard InChI is InChI=1S/C18H27N5/c1-15(2)7-6-10-21-18(19-3)22-13-16-8-4-5-9-17(16)23-12-11-20-14-23/h4-5,8-9,11-12,14-15H,6-7,10,13H2,1-3H3,(H2,19,21,22). The summed E-state index contributed by atoms with van der Waals surface area (Å²) in [6, 6.07) is 8.31. The highest BCUT2D eigenvalue weighted by Gasteiger charge is 2.05. The van der Waals surface area contributed by atoms with E-state index < -0.39 is 0 Å². The van der Waals surface area contributed by atoms with Gasteiger partial charge in [0.15, 0.2) is 5.96 Å². The quantitative estimate of drug-likeness (QED) is 0.469. The molecule has 5 nitrogen and oxygen atoms in total. The lowest BCUT2D eigenvalue weighted by Gasteiger charge is -2.15. The van der Waals surface area contributed by atoms with E-state index >= 15 is 0 Å². The van der Waals surface area contributed by atoms with Gasteiger partial charge in [0.05, 0.1) is 12.0 Å². The Balaban J connectivity index is 1.90. The lowest BCUT2D eigenvalue weighted by Crippen LogP contribution is -2.37. The topological polar surface area (TPSA) is 54.2 Å². The summed E-state index contributed by atoms with van der Waals surface area (Å²) in [6.45, 7) is 6.17. The first-order chi connectivity index (χ1) is 11.2. The van der Waals surface area contributed by atoms with Crippen LogP contribution in [0.5, 0.6) is 0 Å². The number of hydrogen-bond donors (Lipinski definition) is 2. The summed E-state index contributed by atoms with van der Waals surface area (Å²) in [5.74, 6) is 1.59. The summed E-state index contributed by atoms with van der Waals surface area (Å²) in [5.41, 5.74) is 2.34. The fourth-order valence-corrected chi connectivity index (χ4v) is 2.43. The third-order valence-corrected chi connectivity index (χ3v) is 3.69. The molecule has 0 radical (unpaired) electrons. The zero-order valence-electron chi connectivity index (χ0n) is 14.3. The van der Waals surface area contributed by atoms with Crippen LogP contribution in [0.4, 0.5) is 0 Å². The van der Waals surface area contributed by atoms with Crippen LogP contribution in [0.1, 0.15) is 32.3 Å². The highest BCUT2D eigenvalue weighted by atomic mass is 15.2. The number of nitrogens with zero attached hydrogens (tertiary/aromatic N) is 3. The third-order valence-electron chi connectivity index (χ3n) is 3.69. The normalized spacial score (nSPS) is 11.7. The predicted molar refractivity (Wildman–Crippen MR) is 95.8 cm³/mol. The van der Waals surface area contributed by atoms with Gasteiger partial charge in [0.2, 0.25) is 0 Å². The number of hydrogen-bond acceptors (Lipinski definition) is 2.